The molecule has 152 valence electrons. The van der Waals surface area contributed by atoms with Crippen LogP contribution in [0.2, 0.25) is 0 Å². The van der Waals surface area contributed by atoms with Crippen LogP contribution in [0.5, 0.6) is 5.75 Å². The Hall–Kier alpha value is -2.92. The quantitative estimate of drug-likeness (QED) is 0.602. The molecule has 0 radical (unpaired) electrons. The number of rotatable bonds is 6. The molecule has 2 aromatic carbocycles. The lowest BCUT2D eigenvalue weighted by atomic mass is 10.1. The van der Waals surface area contributed by atoms with Gasteiger partial charge in [-0.25, -0.2) is 9.97 Å². The van der Waals surface area contributed by atoms with Crippen molar-refractivity contribution in [1.82, 2.24) is 9.97 Å². The van der Waals surface area contributed by atoms with Crippen LogP contribution in [0.25, 0.3) is 11.3 Å². The van der Waals surface area contributed by atoms with Crippen molar-refractivity contribution in [2.75, 3.05) is 13.2 Å². The largest absolute Gasteiger partial charge is 0.489 e. The van der Waals surface area contributed by atoms with Gasteiger partial charge >= 0.3 is 0 Å². The van der Waals surface area contributed by atoms with Crippen molar-refractivity contribution in [3.8, 4) is 23.1 Å². The molecule has 1 aliphatic rings. The van der Waals surface area contributed by atoms with Crippen molar-refractivity contribution in [2.24, 2.45) is 5.14 Å². The van der Waals surface area contributed by atoms with E-state index in [9.17, 15) is 5.26 Å². The van der Waals surface area contributed by atoms with Crippen LogP contribution in [0.3, 0.4) is 0 Å². The van der Waals surface area contributed by atoms with Crippen LogP contribution >= 0.6 is 11.9 Å². The highest BCUT2D eigenvalue weighted by atomic mass is 32.2. The molecule has 0 spiro atoms. The van der Waals surface area contributed by atoms with Crippen LogP contribution in [0.15, 0.2) is 59.6 Å². The van der Waals surface area contributed by atoms with E-state index in [0.29, 0.717) is 36.8 Å². The van der Waals surface area contributed by atoms with Gasteiger partial charge in [0.2, 0.25) is 0 Å². The minimum atomic E-state index is 0.0878. The van der Waals surface area contributed by atoms with E-state index in [1.165, 1.54) is 11.9 Å². The molecule has 0 amide bonds. The summed E-state index contributed by atoms with van der Waals surface area (Å²) in [7, 11) is 0. The fourth-order valence-corrected chi connectivity index (χ4v) is 3.79. The lowest BCUT2D eigenvalue weighted by Crippen LogP contribution is -2.26. The standard InChI is InChI=1S/C23H22N4O2S/c24-15-18-14-17(4-5-22(18)29-19-7-10-28-11-8-19)21-6-9-26-23(27-21)13-16-2-1-3-20(12-16)30-25/h1-6,9,12,14,19H,7-8,10-11,13,25H2. The first-order chi connectivity index (χ1) is 14.7. The first kappa shape index (κ1) is 20.4. The molecule has 0 saturated carbocycles. The second-order valence-corrected chi connectivity index (χ2v) is 7.76. The van der Waals surface area contributed by atoms with Gasteiger partial charge in [-0.2, -0.15) is 5.26 Å². The van der Waals surface area contributed by atoms with Gasteiger partial charge < -0.3 is 9.47 Å². The Bertz CT molecular complexity index is 1060. The fourth-order valence-electron chi connectivity index (χ4n) is 3.41. The van der Waals surface area contributed by atoms with Crippen LogP contribution < -0.4 is 9.88 Å². The molecule has 3 aromatic rings. The zero-order valence-corrected chi connectivity index (χ0v) is 17.3. The Balaban J connectivity index is 1.54. The van der Waals surface area contributed by atoms with Gasteiger partial charge in [-0.1, -0.05) is 12.1 Å². The molecule has 2 heterocycles. The van der Waals surface area contributed by atoms with Crippen molar-refractivity contribution < 1.29 is 9.47 Å². The van der Waals surface area contributed by atoms with E-state index >= 15 is 0 Å². The molecule has 1 fully saturated rings. The Morgan fingerprint density at radius 2 is 2.03 bits per heavy atom. The van der Waals surface area contributed by atoms with E-state index in [4.69, 9.17) is 19.6 Å². The molecule has 7 heteroatoms. The smallest absolute Gasteiger partial charge is 0.137 e. The van der Waals surface area contributed by atoms with Gasteiger partial charge in [-0.15, -0.1) is 0 Å². The number of nitriles is 1. The Morgan fingerprint density at radius 1 is 1.17 bits per heavy atom. The SMILES string of the molecule is N#Cc1cc(-c2ccnc(Cc3cccc(SN)c3)n2)ccc1OC1CCOCC1. The highest BCUT2D eigenvalue weighted by molar-refractivity contribution is 7.97. The van der Waals surface area contributed by atoms with E-state index in [1.54, 1.807) is 6.20 Å². The molecule has 0 atom stereocenters. The van der Waals surface area contributed by atoms with Gasteiger partial charge in [-0.3, -0.25) is 5.14 Å². The topological polar surface area (TPSA) is 94.1 Å². The van der Waals surface area contributed by atoms with Crippen LogP contribution in [0.1, 0.15) is 29.8 Å². The zero-order valence-electron chi connectivity index (χ0n) is 16.5. The third kappa shape index (κ3) is 4.97. The van der Waals surface area contributed by atoms with Crippen molar-refractivity contribution >= 4 is 11.9 Å². The van der Waals surface area contributed by atoms with E-state index in [1.807, 2.05) is 48.5 Å². The monoisotopic (exact) mass is 418 g/mol. The molecular weight excluding hydrogens is 396 g/mol. The number of hydrogen-bond donors (Lipinski definition) is 1. The van der Waals surface area contributed by atoms with Crippen molar-refractivity contribution in [3.63, 3.8) is 0 Å². The minimum Gasteiger partial charge on any atom is -0.489 e. The summed E-state index contributed by atoms with van der Waals surface area (Å²) in [5.41, 5.74) is 3.24. The van der Waals surface area contributed by atoms with Gasteiger partial charge in [0.25, 0.3) is 0 Å². The van der Waals surface area contributed by atoms with Gasteiger partial charge in [0.05, 0.1) is 24.5 Å². The van der Waals surface area contributed by atoms with Crippen molar-refractivity contribution in [2.45, 2.75) is 30.3 Å². The number of ether oxygens (including phenoxy) is 2. The summed E-state index contributed by atoms with van der Waals surface area (Å²) in [6.45, 7) is 1.39. The van der Waals surface area contributed by atoms with E-state index in [0.717, 1.165) is 34.6 Å². The summed E-state index contributed by atoms with van der Waals surface area (Å²) in [6, 6.07) is 17.7. The first-order valence-corrected chi connectivity index (χ1v) is 10.7. The second-order valence-electron chi connectivity index (χ2n) is 7.05. The maximum Gasteiger partial charge on any atom is 0.137 e. The van der Waals surface area contributed by atoms with Crippen LogP contribution in [0, 0.1) is 11.3 Å². The zero-order chi connectivity index (χ0) is 20.8. The third-order valence-electron chi connectivity index (χ3n) is 4.96. The van der Waals surface area contributed by atoms with E-state index < -0.39 is 0 Å². The number of aromatic nitrogens is 2. The number of nitrogens with zero attached hydrogens (tertiary/aromatic N) is 3. The molecule has 1 aliphatic heterocycles. The van der Waals surface area contributed by atoms with Gasteiger partial charge in [0, 0.05) is 35.9 Å². The number of hydrogen-bond acceptors (Lipinski definition) is 7. The Kier molecular flexibility index (Phi) is 6.60. The summed E-state index contributed by atoms with van der Waals surface area (Å²) in [5, 5.41) is 15.3. The summed E-state index contributed by atoms with van der Waals surface area (Å²) in [6.07, 6.45) is 4.12. The van der Waals surface area contributed by atoms with Crippen LogP contribution in [0.4, 0.5) is 0 Å². The predicted molar refractivity (Wildman–Crippen MR) is 116 cm³/mol. The minimum absolute atomic E-state index is 0.0878. The summed E-state index contributed by atoms with van der Waals surface area (Å²) in [5.74, 6) is 1.33. The predicted octanol–water partition coefficient (Wildman–Crippen LogP) is 4.13. The highest BCUT2D eigenvalue weighted by Gasteiger charge is 2.17. The Morgan fingerprint density at radius 3 is 2.83 bits per heavy atom. The maximum absolute atomic E-state index is 9.62. The molecule has 0 aliphatic carbocycles. The van der Waals surface area contributed by atoms with Crippen LogP contribution in [-0.2, 0) is 11.2 Å². The second kappa shape index (κ2) is 9.72. The Labute approximate surface area is 180 Å². The molecule has 1 saturated heterocycles. The van der Waals surface area contributed by atoms with Crippen molar-refractivity contribution in [1.29, 1.82) is 5.26 Å². The molecular formula is C23H22N4O2S. The fraction of sp³-hybridized carbons (Fsp3) is 0.261. The maximum atomic E-state index is 9.62. The summed E-state index contributed by atoms with van der Waals surface area (Å²) >= 11 is 1.22. The molecule has 4 rings (SSSR count). The molecule has 6 nitrogen and oxygen atoms in total. The molecule has 1 aromatic heterocycles. The number of nitrogens with two attached hydrogens (primary N) is 1. The first-order valence-electron chi connectivity index (χ1n) is 9.81. The van der Waals surface area contributed by atoms with E-state index in [-0.39, 0.29) is 6.10 Å². The summed E-state index contributed by atoms with van der Waals surface area (Å²) in [4.78, 5) is 10.1. The van der Waals surface area contributed by atoms with E-state index in [2.05, 4.69) is 11.1 Å². The lowest BCUT2D eigenvalue weighted by Gasteiger charge is -2.23. The van der Waals surface area contributed by atoms with Gasteiger partial charge in [0.1, 0.15) is 23.7 Å². The lowest BCUT2D eigenvalue weighted by molar-refractivity contribution is 0.0254. The highest BCUT2D eigenvalue weighted by Crippen LogP contribution is 2.27. The van der Waals surface area contributed by atoms with Gasteiger partial charge in [0.15, 0.2) is 0 Å². The van der Waals surface area contributed by atoms with Crippen LogP contribution in [-0.4, -0.2) is 29.3 Å². The molecule has 2 N–H and O–H groups in total. The number of benzene rings is 2. The normalized spacial score (nSPS) is 14.3. The van der Waals surface area contributed by atoms with Gasteiger partial charge in [-0.05, 0) is 53.9 Å². The average molecular weight is 419 g/mol. The molecule has 0 bridgehead atoms. The molecule has 0 unspecified atom stereocenters. The third-order valence-corrected chi connectivity index (χ3v) is 5.49. The average Bonchev–Trinajstić information content (AvgIpc) is 2.80. The van der Waals surface area contributed by atoms with Crippen molar-refractivity contribution in [3.05, 3.63) is 71.7 Å². The summed E-state index contributed by atoms with van der Waals surface area (Å²) < 4.78 is 11.4. The molecule has 30 heavy (non-hydrogen) atoms.